The van der Waals surface area contributed by atoms with Crippen molar-refractivity contribution in [2.45, 2.75) is 57.4 Å². The van der Waals surface area contributed by atoms with E-state index in [2.05, 4.69) is 0 Å². The fraction of sp³-hybridized carbons (Fsp3) is 1.00. The first-order chi connectivity index (χ1) is 8.06. The van der Waals surface area contributed by atoms with Crippen LogP contribution < -0.4 is 0 Å². The van der Waals surface area contributed by atoms with Crippen molar-refractivity contribution in [1.82, 2.24) is 0 Å². The highest BCUT2D eigenvalue weighted by Gasteiger charge is 2.78. The van der Waals surface area contributed by atoms with Crippen LogP contribution in [0.5, 0.6) is 0 Å². The molecule has 0 bridgehead atoms. The van der Waals surface area contributed by atoms with Crippen LogP contribution >= 0.6 is 0 Å². The third kappa shape index (κ3) is 2.67. The third-order valence-corrected chi connectivity index (χ3v) is 3.02. The summed E-state index contributed by atoms with van der Waals surface area (Å²) in [4.78, 5) is 0. The Bertz CT molecular complexity index is 320. The molecule has 0 heterocycles. The minimum atomic E-state index is -5.66. The molecule has 19 heavy (non-hydrogen) atoms. The van der Waals surface area contributed by atoms with Gasteiger partial charge in [0.05, 0.1) is 0 Å². The van der Waals surface area contributed by atoms with E-state index in [1.807, 2.05) is 0 Å². The zero-order valence-corrected chi connectivity index (χ0v) is 10.5. The minimum Gasteiger partial charge on any atom is -0.357 e. The molecule has 2 unspecified atom stereocenters. The molecule has 0 spiro atoms. The topological polar surface area (TPSA) is 40.5 Å². The molecule has 0 saturated heterocycles. The Morgan fingerprint density at radius 1 is 0.842 bits per heavy atom. The zero-order valence-electron chi connectivity index (χ0n) is 10.5. The van der Waals surface area contributed by atoms with E-state index in [-0.39, 0.29) is 13.8 Å². The van der Waals surface area contributed by atoms with E-state index < -0.39 is 42.1 Å². The first kappa shape index (κ1) is 18.4. The summed E-state index contributed by atoms with van der Waals surface area (Å²) >= 11 is 0. The van der Waals surface area contributed by atoms with Crippen molar-refractivity contribution in [3.63, 3.8) is 0 Å². The summed E-state index contributed by atoms with van der Waals surface area (Å²) in [5, 5.41) is 17.8. The maximum atomic E-state index is 13.6. The van der Waals surface area contributed by atoms with Crippen LogP contribution in [0.3, 0.4) is 0 Å². The lowest BCUT2D eigenvalue weighted by atomic mass is 9.77. The predicted octanol–water partition coefficient (Wildman–Crippen LogP) is 3.33. The largest absolute Gasteiger partial charge is 0.399 e. The third-order valence-electron chi connectivity index (χ3n) is 3.02. The van der Waals surface area contributed by atoms with Crippen molar-refractivity contribution in [2.24, 2.45) is 5.41 Å². The fourth-order valence-electron chi connectivity index (χ4n) is 1.32. The number of alkyl halides is 7. The second-order valence-corrected chi connectivity index (χ2v) is 4.83. The van der Waals surface area contributed by atoms with Crippen LogP contribution in [0.25, 0.3) is 0 Å². The molecule has 0 amide bonds. The van der Waals surface area contributed by atoms with Crippen molar-refractivity contribution in [2.75, 3.05) is 0 Å². The molecule has 0 rings (SSSR count). The van der Waals surface area contributed by atoms with Crippen molar-refractivity contribution in [3.8, 4) is 0 Å². The van der Waals surface area contributed by atoms with Crippen LogP contribution in [0.15, 0.2) is 0 Å². The fourth-order valence-corrected chi connectivity index (χ4v) is 1.32. The molecule has 0 radical (unpaired) electrons. The van der Waals surface area contributed by atoms with E-state index in [0.717, 1.165) is 6.92 Å². The smallest absolute Gasteiger partial charge is 0.357 e. The quantitative estimate of drug-likeness (QED) is 0.765. The zero-order chi connectivity index (χ0) is 15.9. The van der Waals surface area contributed by atoms with E-state index in [1.165, 1.54) is 0 Å². The molecule has 0 aliphatic rings. The highest BCUT2D eigenvalue weighted by Crippen LogP contribution is 2.56. The van der Waals surface area contributed by atoms with Crippen LogP contribution in [0.1, 0.15) is 33.6 Å². The highest BCUT2D eigenvalue weighted by molar-refractivity contribution is 5.05. The van der Waals surface area contributed by atoms with Crippen LogP contribution in [-0.4, -0.2) is 34.0 Å². The van der Waals surface area contributed by atoms with Gasteiger partial charge in [0.15, 0.2) is 0 Å². The van der Waals surface area contributed by atoms with E-state index in [4.69, 9.17) is 10.2 Å². The molecule has 0 saturated carbocycles. The molecule has 0 aromatic heterocycles. The summed E-state index contributed by atoms with van der Waals surface area (Å²) in [6.45, 7) is 1.04. The van der Waals surface area contributed by atoms with Gasteiger partial charge in [-0.15, -0.1) is 0 Å². The summed E-state index contributed by atoms with van der Waals surface area (Å²) in [5.41, 5.74) is -3.99. The Hall–Kier alpha value is -0.570. The van der Waals surface area contributed by atoms with E-state index in [1.54, 1.807) is 0 Å². The van der Waals surface area contributed by atoms with Crippen LogP contribution in [0.4, 0.5) is 30.7 Å². The lowest BCUT2D eigenvalue weighted by molar-refractivity contribution is -0.417. The van der Waals surface area contributed by atoms with Crippen molar-refractivity contribution in [3.05, 3.63) is 0 Å². The van der Waals surface area contributed by atoms with Gasteiger partial charge in [-0.2, -0.15) is 22.0 Å². The number of hydrogen-bond donors (Lipinski definition) is 2. The van der Waals surface area contributed by atoms with Gasteiger partial charge in [-0.05, 0) is 13.8 Å². The molecule has 0 fully saturated rings. The van der Waals surface area contributed by atoms with Crippen LogP contribution in [-0.2, 0) is 0 Å². The molecule has 0 aromatic rings. The Balaban J connectivity index is 5.77. The van der Waals surface area contributed by atoms with Crippen molar-refractivity contribution < 1.29 is 40.9 Å². The molecule has 116 valence electrons. The van der Waals surface area contributed by atoms with Gasteiger partial charge in [0.25, 0.3) is 11.7 Å². The van der Waals surface area contributed by atoms with Gasteiger partial charge in [-0.1, -0.05) is 13.3 Å². The molecule has 2 N–H and O–H groups in total. The highest BCUT2D eigenvalue weighted by atomic mass is 19.4. The Kier molecular flexibility index (Phi) is 4.62. The molecule has 9 heteroatoms. The van der Waals surface area contributed by atoms with Crippen molar-refractivity contribution in [1.29, 1.82) is 0 Å². The van der Waals surface area contributed by atoms with Gasteiger partial charge in [0.1, 0.15) is 5.41 Å². The maximum Gasteiger partial charge on any atom is 0.399 e. The normalized spacial score (nSPS) is 20.8. The van der Waals surface area contributed by atoms with Gasteiger partial charge in [-0.3, -0.25) is 0 Å². The molecular weight excluding hydrogens is 285 g/mol. The monoisotopic (exact) mass is 300 g/mol. The molecular formula is C10H15F7O2. The summed E-state index contributed by atoms with van der Waals surface area (Å²) in [6.07, 6.45) is -7.31. The lowest BCUT2D eigenvalue weighted by Gasteiger charge is -2.44. The molecule has 2 atom stereocenters. The van der Waals surface area contributed by atoms with E-state index in [9.17, 15) is 30.7 Å². The summed E-state index contributed by atoms with van der Waals surface area (Å²) in [5.74, 6) is -15.6. The minimum absolute atomic E-state index is 0.0526. The Labute approximate surface area is 105 Å². The molecule has 0 aliphatic heterocycles. The number of halogens is 7. The van der Waals surface area contributed by atoms with Gasteiger partial charge < -0.3 is 10.2 Å². The summed E-state index contributed by atoms with van der Waals surface area (Å²) < 4.78 is 91.3. The lowest BCUT2D eigenvalue weighted by Crippen LogP contribution is -2.67. The second kappa shape index (κ2) is 4.76. The summed E-state index contributed by atoms with van der Waals surface area (Å²) in [7, 11) is 0. The number of hydrogen-bond acceptors (Lipinski definition) is 2. The Morgan fingerprint density at radius 2 is 1.21 bits per heavy atom. The van der Waals surface area contributed by atoms with Gasteiger partial charge in [-0.25, -0.2) is 8.78 Å². The first-order valence-corrected chi connectivity index (χ1v) is 5.33. The first-order valence-electron chi connectivity index (χ1n) is 5.33. The van der Waals surface area contributed by atoms with E-state index in [0.29, 0.717) is 0 Å². The van der Waals surface area contributed by atoms with Crippen LogP contribution in [0.2, 0.25) is 0 Å². The predicted molar refractivity (Wildman–Crippen MR) is 51.8 cm³/mol. The van der Waals surface area contributed by atoms with Crippen LogP contribution in [0, 0.1) is 5.41 Å². The van der Waals surface area contributed by atoms with Gasteiger partial charge in [0, 0.05) is 6.42 Å². The average Bonchev–Trinajstić information content (AvgIpc) is 2.14. The average molecular weight is 300 g/mol. The van der Waals surface area contributed by atoms with Gasteiger partial charge in [0.2, 0.25) is 0 Å². The van der Waals surface area contributed by atoms with Crippen molar-refractivity contribution >= 4 is 0 Å². The van der Waals surface area contributed by atoms with Gasteiger partial charge >= 0.3 is 12.1 Å². The summed E-state index contributed by atoms with van der Waals surface area (Å²) in [6, 6.07) is 0. The SMILES string of the molecule is CCCC(O)(F)C(F)(F)C(O)(F)C(C)(C)C(F)(F)F. The standard InChI is InChI=1S/C10H15F7O2/c1-4-5-7(11,18)8(12,13)9(14,19)6(2,3)10(15,16)17/h18-19H,4-5H2,1-3H3. The molecule has 0 aromatic carbocycles. The molecule has 0 aliphatic carbocycles. The number of aliphatic hydroxyl groups is 2. The maximum absolute atomic E-state index is 13.6. The van der Waals surface area contributed by atoms with E-state index >= 15 is 0 Å². The Morgan fingerprint density at radius 3 is 1.47 bits per heavy atom. The number of rotatable bonds is 5. The second-order valence-electron chi connectivity index (χ2n) is 4.83. The molecule has 2 nitrogen and oxygen atoms in total.